The van der Waals surface area contributed by atoms with Crippen LogP contribution < -0.4 is 4.74 Å². The molecule has 0 aliphatic carbocycles. The van der Waals surface area contributed by atoms with Crippen LogP contribution in [0, 0.1) is 0 Å². The number of ether oxygens (including phenoxy) is 1. The van der Waals surface area contributed by atoms with E-state index in [2.05, 4.69) is 10.1 Å². The van der Waals surface area contributed by atoms with E-state index in [0.717, 1.165) is 24.2 Å². The quantitative estimate of drug-likeness (QED) is 0.654. The third-order valence-corrected chi connectivity index (χ3v) is 6.78. The van der Waals surface area contributed by atoms with Gasteiger partial charge in [-0.2, -0.15) is 9.29 Å². The van der Waals surface area contributed by atoms with E-state index >= 15 is 0 Å². The van der Waals surface area contributed by atoms with Crippen LogP contribution in [0.2, 0.25) is 0 Å². The van der Waals surface area contributed by atoms with Gasteiger partial charge in [-0.05, 0) is 49.2 Å². The monoisotopic (exact) mass is 399 g/mol. The minimum atomic E-state index is -3.53. The number of hydrogen-bond donors (Lipinski definition) is 0. The molecule has 0 bridgehead atoms. The zero-order valence-corrected chi connectivity index (χ0v) is 16.3. The van der Waals surface area contributed by atoms with Gasteiger partial charge in [0.25, 0.3) is 0 Å². The Balaban J connectivity index is 1.53. The smallest absolute Gasteiger partial charge is 0.243 e. The molecule has 0 saturated carbocycles. The highest BCUT2D eigenvalue weighted by Crippen LogP contribution is 2.30. The summed E-state index contributed by atoms with van der Waals surface area (Å²) in [4.78, 5) is 4.81. The molecule has 1 aliphatic heterocycles. The Labute approximate surface area is 164 Å². The molecule has 146 valence electrons. The van der Waals surface area contributed by atoms with E-state index < -0.39 is 10.0 Å². The zero-order valence-electron chi connectivity index (χ0n) is 15.5. The molecule has 3 aromatic rings. The molecule has 7 nitrogen and oxygen atoms in total. The van der Waals surface area contributed by atoms with E-state index in [-0.39, 0.29) is 5.92 Å². The molecule has 0 amide bonds. The average molecular weight is 399 g/mol. The minimum absolute atomic E-state index is 0.119. The summed E-state index contributed by atoms with van der Waals surface area (Å²) in [7, 11) is -1.92. The fourth-order valence-corrected chi connectivity index (χ4v) is 4.91. The van der Waals surface area contributed by atoms with E-state index in [0.29, 0.717) is 29.7 Å². The number of methoxy groups -OCH3 is 1. The number of rotatable bonds is 5. The van der Waals surface area contributed by atoms with Crippen LogP contribution in [-0.4, -0.2) is 43.1 Å². The lowest BCUT2D eigenvalue weighted by Crippen LogP contribution is -2.39. The Morgan fingerprint density at radius 2 is 1.86 bits per heavy atom. The Hall–Kier alpha value is -2.71. The van der Waals surface area contributed by atoms with E-state index in [1.54, 1.807) is 37.4 Å². The fourth-order valence-electron chi connectivity index (χ4n) is 3.36. The molecule has 1 aliphatic rings. The summed E-state index contributed by atoms with van der Waals surface area (Å²) in [6.45, 7) is 0.828. The molecule has 1 atom stereocenters. The fraction of sp³-hybridized carbons (Fsp3) is 0.300. The van der Waals surface area contributed by atoms with Crippen molar-refractivity contribution in [3.8, 4) is 17.1 Å². The SMILES string of the molecule is COc1ccc(-c2noc(C3CCCN(S(=O)(=O)c4ccccc4)C3)n2)cc1. The molecule has 1 saturated heterocycles. The van der Waals surface area contributed by atoms with Crippen LogP contribution >= 0.6 is 0 Å². The molecule has 1 fully saturated rings. The lowest BCUT2D eigenvalue weighted by atomic mass is 10.00. The molecule has 28 heavy (non-hydrogen) atoms. The molecule has 0 spiro atoms. The van der Waals surface area contributed by atoms with Gasteiger partial charge < -0.3 is 9.26 Å². The second kappa shape index (κ2) is 7.73. The van der Waals surface area contributed by atoms with Gasteiger partial charge in [0.1, 0.15) is 5.75 Å². The first-order chi connectivity index (χ1) is 13.6. The summed E-state index contributed by atoms with van der Waals surface area (Å²) in [5.74, 6) is 1.59. The van der Waals surface area contributed by atoms with Gasteiger partial charge in [0.2, 0.25) is 21.7 Å². The highest BCUT2D eigenvalue weighted by atomic mass is 32.2. The first-order valence-electron chi connectivity index (χ1n) is 9.11. The van der Waals surface area contributed by atoms with Gasteiger partial charge in [-0.25, -0.2) is 8.42 Å². The first kappa shape index (κ1) is 18.6. The molecule has 2 heterocycles. The topological polar surface area (TPSA) is 85.5 Å². The highest BCUT2D eigenvalue weighted by molar-refractivity contribution is 7.89. The van der Waals surface area contributed by atoms with Crippen LogP contribution in [0.15, 0.2) is 64.0 Å². The molecule has 1 aromatic heterocycles. The maximum atomic E-state index is 12.9. The highest BCUT2D eigenvalue weighted by Gasteiger charge is 2.33. The van der Waals surface area contributed by atoms with Gasteiger partial charge in [0, 0.05) is 18.7 Å². The molecule has 4 rings (SSSR count). The van der Waals surface area contributed by atoms with Crippen molar-refractivity contribution in [1.82, 2.24) is 14.4 Å². The first-order valence-corrected chi connectivity index (χ1v) is 10.5. The van der Waals surface area contributed by atoms with E-state index in [1.165, 1.54) is 4.31 Å². The molecular formula is C20H21N3O4S. The van der Waals surface area contributed by atoms with Crippen molar-refractivity contribution < 1.29 is 17.7 Å². The van der Waals surface area contributed by atoms with Crippen molar-refractivity contribution in [2.24, 2.45) is 0 Å². The summed E-state index contributed by atoms with van der Waals surface area (Å²) in [6.07, 6.45) is 1.56. The van der Waals surface area contributed by atoms with Gasteiger partial charge in [-0.15, -0.1) is 0 Å². The Morgan fingerprint density at radius 1 is 1.11 bits per heavy atom. The number of aromatic nitrogens is 2. The van der Waals surface area contributed by atoms with E-state index in [1.807, 2.05) is 24.3 Å². The van der Waals surface area contributed by atoms with Crippen molar-refractivity contribution in [1.29, 1.82) is 0 Å². The predicted molar refractivity (Wildman–Crippen MR) is 103 cm³/mol. The summed E-state index contributed by atoms with van der Waals surface area (Å²) in [5, 5.41) is 4.07. The second-order valence-corrected chi connectivity index (χ2v) is 8.64. The van der Waals surface area contributed by atoms with E-state index in [9.17, 15) is 8.42 Å². The van der Waals surface area contributed by atoms with Crippen molar-refractivity contribution in [2.45, 2.75) is 23.7 Å². The lowest BCUT2D eigenvalue weighted by molar-refractivity contribution is 0.265. The van der Waals surface area contributed by atoms with Crippen molar-refractivity contribution in [2.75, 3.05) is 20.2 Å². The normalized spacial score (nSPS) is 18.1. The minimum Gasteiger partial charge on any atom is -0.497 e. The largest absolute Gasteiger partial charge is 0.497 e. The Morgan fingerprint density at radius 3 is 2.57 bits per heavy atom. The zero-order chi connectivity index (χ0) is 19.6. The van der Waals surface area contributed by atoms with Crippen molar-refractivity contribution >= 4 is 10.0 Å². The number of benzene rings is 2. The maximum Gasteiger partial charge on any atom is 0.243 e. The number of nitrogens with zero attached hydrogens (tertiary/aromatic N) is 3. The summed E-state index contributed by atoms with van der Waals surface area (Å²) in [5.41, 5.74) is 0.820. The van der Waals surface area contributed by atoms with Crippen LogP contribution in [0.4, 0.5) is 0 Å². The van der Waals surface area contributed by atoms with Gasteiger partial charge in [0.15, 0.2) is 0 Å². The summed E-state index contributed by atoms with van der Waals surface area (Å²) < 4.78 is 37.9. The molecule has 0 radical (unpaired) electrons. The lowest BCUT2D eigenvalue weighted by Gasteiger charge is -2.30. The number of hydrogen-bond acceptors (Lipinski definition) is 6. The Kier molecular flexibility index (Phi) is 5.15. The summed E-state index contributed by atoms with van der Waals surface area (Å²) >= 11 is 0. The van der Waals surface area contributed by atoms with Crippen LogP contribution in [-0.2, 0) is 10.0 Å². The Bertz CT molecular complexity index is 1030. The molecule has 8 heteroatoms. The summed E-state index contributed by atoms with van der Waals surface area (Å²) in [6, 6.07) is 15.9. The second-order valence-electron chi connectivity index (χ2n) is 6.70. The van der Waals surface area contributed by atoms with Crippen LogP contribution in [0.3, 0.4) is 0 Å². The van der Waals surface area contributed by atoms with Gasteiger partial charge >= 0.3 is 0 Å². The molecular weight excluding hydrogens is 378 g/mol. The van der Waals surface area contributed by atoms with Gasteiger partial charge in [-0.3, -0.25) is 0 Å². The molecule has 1 unspecified atom stereocenters. The van der Waals surface area contributed by atoms with Crippen LogP contribution in [0.1, 0.15) is 24.7 Å². The van der Waals surface area contributed by atoms with E-state index in [4.69, 9.17) is 9.26 Å². The maximum absolute atomic E-state index is 12.9. The average Bonchev–Trinajstić information content (AvgIpc) is 3.25. The van der Waals surface area contributed by atoms with Crippen molar-refractivity contribution in [3.63, 3.8) is 0 Å². The van der Waals surface area contributed by atoms with Gasteiger partial charge in [0.05, 0.1) is 17.9 Å². The third-order valence-electron chi connectivity index (χ3n) is 4.90. The molecule has 0 N–H and O–H groups in total. The van der Waals surface area contributed by atoms with Crippen molar-refractivity contribution in [3.05, 3.63) is 60.5 Å². The standard InChI is InChI=1S/C20H21N3O4S/c1-26-17-11-9-15(10-12-17)19-21-20(27-22-19)16-6-5-13-23(14-16)28(24,25)18-7-3-2-4-8-18/h2-4,7-12,16H,5-6,13-14H2,1H3. The third kappa shape index (κ3) is 3.65. The predicted octanol–water partition coefficient (Wildman–Crippen LogP) is 3.31. The van der Waals surface area contributed by atoms with Gasteiger partial charge in [-0.1, -0.05) is 23.4 Å². The molecule has 2 aromatic carbocycles. The number of piperidine rings is 1. The van der Waals surface area contributed by atoms with Crippen LogP contribution in [0.5, 0.6) is 5.75 Å². The number of sulfonamides is 1. The van der Waals surface area contributed by atoms with Crippen LogP contribution in [0.25, 0.3) is 11.4 Å².